The smallest absolute Gasteiger partial charge is 0.0655 e. The summed E-state index contributed by atoms with van der Waals surface area (Å²) in [5.41, 5.74) is 1.02. The first-order valence-corrected chi connectivity index (χ1v) is 8.76. The highest BCUT2D eigenvalue weighted by Crippen LogP contribution is 2.39. The van der Waals surface area contributed by atoms with E-state index in [4.69, 9.17) is 34.8 Å². The van der Waals surface area contributed by atoms with Crippen LogP contribution < -0.4 is 4.90 Å². The molecule has 1 aromatic rings. The molecule has 2 fully saturated rings. The molecule has 3 rings (SSSR count). The van der Waals surface area contributed by atoms with Crippen LogP contribution >= 0.6 is 34.8 Å². The maximum Gasteiger partial charge on any atom is 0.0655 e. The summed E-state index contributed by atoms with van der Waals surface area (Å²) in [7, 11) is 0. The zero-order chi connectivity index (χ0) is 15.1. The highest BCUT2D eigenvalue weighted by atomic mass is 35.5. The second-order valence-electron chi connectivity index (χ2n) is 6.47. The Balaban J connectivity index is 1.96. The molecule has 2 heterocycles. The predicted molar refractivity (Wildman–Crippen MR) is 92.0 cm³/mol. The number of piperazine rings is 1. The van der Waals surface area contributed by atoms with E-state index < -0.39 is 0 Å². The molecule has 0 aromatic heterocycles. The fourth-order valence-corrected chi connectivity index (χ4v) is 4.27. The molecule has 2 atom stereocenters. The first kappa shape index (κ1) is 15.7. The number of anilines is 1. The number of hydrogen-bond donors (Lipinski definition) is 0. The van der Waals surface area contributed by atoms with E-state index in [1.165, 1.54) is 19.4 Å². The standard InChI is InChI=1S/C16H21Cl3N2/c1-10(2)16-9-20-5-3-4-11(20)8-21(16)15-7-13(18)12(17)6-14(15)19/h6-7,10-11,16H,3-5,8-9H2,1-2H3. The summed E-state index contributed by atoms with van der Waals surface area (Å²) in [4.78, 5) is 5.08. The Hall–Kier alpha value is -0.150. The molecule has 116 valence electrons. The number of rotatable bonds is 2. The van der Waals surface area contributed by atoms with Crippen LogP contribution in [0.5, 0.6) is 0 Å². The van der Waals surface area contributed by atoms with Gasteiger partial charge in [0.2, 0.25) is 0 Å². The SMILES string of the molecule is CC(C)C1CN2CCCC2CN1c1cc(Cl)c(Cl)cc1Cl. The second kappa shape index (κ2) is 6.16. The van der Waals surface area contributed by atoms with E-state index in [2.05, 4.69) is 23.6 Å². The van der Waals surface area contributed by atoms with E-state index in [0.717, 1.165) is 18.8 Å². The van der Waals surface area contributed by atoms with E-state index in [-0.39, 0.29) is 0 Å². The van der Waals surface area contributed by atoms with Gasteiger partial charge in [0.05, 0.1) is 20.8 Å². The molecule has 2 saturated heterocycles. The molecule has 2 unspecified atom stereocenters. The van der Waals surface area contributed by atoms with Gasteiger partial charge in [0.25, 0.3) is 0 Å². The molecule has 2 aliphatic rings. The Kier molecular flexibility index (Phi) is 4.61. The molecule has 0 amide bonds. The van der Waals surface area contributed by atoms with Crippen LogP contribution in [0.4, 0.5) is 5.69 Å². The fraction of sp³-hybridized carbons (Fsp3) is 0.625. The molecule has 0 radical (unpaired) electrons. The Bertz CT molecular complexity index is 532. The van der Waals surface area contributed by atoms with Crippen molar-refractivity contribution in [3.05, 3.63) is 27.2 Å². The van der Waals surface area contributed by atoms with E-state index in [1.807, 2.05) is 6.07 Å². The zero-order valence-electron chi connectivity index (χ0n) is 12.5. The van der Waals surface area contributed by atoms with E-state index >= 15 is 0 Å². The van der Waals surface area contributed by atoms with Crippen LogP contribution in [0.3, 0.4) is 0 Å². The quantitative estimate of drug-likeness (QED) is 0.698. The van der Waals surface area contributed by atoms with Crippen molar-refractivity contribution in [3.63, 3.8) is 0 Å². The normalized spacial score (nSPS) is 26.5. The Morgan fingerprint density at radius 2 is 1.76 bits per heavy atom. The summed E-state index contributed by atoms with van der Waals surface area (Å²) < 4.78 is 0. The van der Waals surface area contributed by atoms with Crippen molar-refractivity contribution in [2.75, 3.05) is 24.5 Å². The lowest BCUT2D eigenvalue weighted by Crippen LogP contribution is -2.58. The fourth-order valence-electron chi connectivity index (χ4n) is 3.62. The number of benzene rings is 1. The lowest BCUT2D eigenvalue weighted by atomic mass is 9.96. The van der Waals surface area contributed by atoms with Gasteiger partial charge in [-0.2, -0.15) is 0 Å². The first-order valence-electron chi connectivity index (χ1n) is 7.62. The summed E-state index contributed by atoms with van der Waals surface area (Å²) in [5, 5.41) is 1.79. The maximum absolute atomic E-state index is 6.45. The van der Waals surface area contributed by atoms with Crippen LogP contribution in [-0.2, 0) is 0 Å². The highest BCUT2D eigenvalue weighted by molar-refractivity contribution is 6.44. The predicted octanol–water partition coefficient (Wildman–Crippen LogP) is 4.96. The molecule has 0 bridgehead atoms. The van der Waals surface area contributed by atoms with E-state index in [0.29, 0.717) is 33.1 Å². The van der Waals surface area contributed by atoms with E-state index in [1.54, 1.807) is 6.07 Å². The molecule has 21 heavy (non-hydrogen) atoms. The van der Waals surface area contributed by atoms with Gasteiger partial charge >= 0.3 is 0 Å². The van der Waals surface area contributed by atoms with E-state index in [9.17, 15) is 0 Å². The van der Waals surface area contributed by atoms with Gasteiger partial charge in [-0.3, -0.25) is 4.90 Å². The van der Waals surface area contributed by atoms with Crippen LogP contribution in [0.2, 0.25) is 15.1 Å². The third-order valence-electron chi connectivity index (χ3n) is 4.80. The summed E-state index contributed by atoms with van der Waals surface area (Å²) in [6, 6.07) is 4.80. The largest absolute Gasteiger partial charge is 0.364 e. The summed E-state index contributed by atoms with van der Waals surface area (Å²) >= 11 is 18.7. The average molecular weight is 348 g/mol. The van der Waals surface area contributed by atoms with Gasteiger partial charge in [-0.25, -0.2) is 0 Å². The van der Waals surface area contributed by atoms with Gasteiger partial charge in [0.15, 0.2) is 0 Å². The molecule has 0 N–H and O–H groups in total. The van der Waals surface area contributed by atoms with Crippen molar-refractivity contribution in [1.29, 1.82) is 0 Å². The topological polar surface area (TPSA) is 6.48 Å². The molecule has 2 aliphatic heterocycles. The first-order chi connectivity index (χ1) is 9.97. The monoisotopic (exact) mass is 346 g/mol. The van der Waals surface area contributed by atoms with Crippen molar-refractivity contribution in [3.8, 4) is 0 Å². The van der Waals surface area contributed by atoms with Gasteiger partial charge < -0.3 is 4.90 Å². The highest BCUT2D eigenvalue weighted by Gasteiger charge is 2.38. The van der Waals surface area contributed by atoms with Crippen molar-refractivity contribution in [2.24, 2.45) is 5.92 Å². The number of fused-ring (bicyclic) bond motifs is 1. The van der Waals surface area contributed by atoms with Crippen LogP contribution in [0.1, 0.15) is 26.7 Å². The molecule has 0 spiro atoms. The van der Waals surface area contributed by atoms with Crippen LogP contribution in [0.15, 0.2) is 12.1 Å². The summed E-state index contributed by atoms with van der Waals surface area (Å²) in [6.07, 6.45) is 2.58. The minimum absolute atomic E-state index is 0.467. The molecule has 2 nitrogen and oxygen atoms in total. The Morgan fingerprint density at radius 3 is 2.48 bits per heavy atom. The van der Waals surface area contributed by atoms with Crippen LogP contribution in [-0.4, -0.2) is 36.6 Å². The van der Waals surface area contributed by atoms with Gasteiger partial charge in [-0.1, -0.05) is 48.7 Å². The van der Waals surface area contributed by atoms with Gasteiger partial charge in [-0.15, -0.1) is 0 Å². The van der Waals surface area contributed by atoms with Gasteiger partial charge in [-0.05, 0) is 37.4 Å². The van der Waals surface area contributed by atoms with Crippen molar-refractivity contribution in [2.45, 2.75) is 38.8 Å². The van der Waals surface area contributed by atoms with Gasteiger partial charge in [0, 0.05) is 25.2 Å². The third-order valence-corrected chi connectivity index (χ3v) is 5.82. The number of halogens is 3. The number of hydrogen-bond acceptors (Lipinski definition) is 2. The molecular weight excluding hydrogens is 327 g/mol. The third kappa shape index (κ3) is 3.01. The molecule has 1 aromatic carbocycles. The lowest BCUT2D eigenvalue weighted by molar-refractivity contribution is 0.176. The van der Waals surface area contributed by atoms with Crippen LogP contribution in [0, 0.1) is 5.92 Å². The molecule has 5 heteroatoms. The van der Waals surface area contributed by atoms with Crippen molar-refractivity contribution in [1.82, 2.24) is 4.90 Å². The Morgan fingerprint density at radius 1 is 1.05 bits per heavy atom. The molecule has 0 saturated carbocycles. The zero-order valence-corrected chi connectivity index (χ0v) is 14.7. The van der Waals surface area contributed by atoms with Crippen LogP contribution in [0.25, 0.3) is 0 Å². The molecular formula is C16H21Cl3N2. The second-order valence-corrected chi connectivity index (χ2v) is 7.69. The van der Waals surface area contributed by atoms with Gasteiger partial charge in [0.1, 0.15) is 0 Å². The average Bonchev–Trinajstić information content (AvgIpc) is 2.88. The summed E-state index contributed by atoms with van der Waals surface area (Å²) in [6.45, 7) is 7.93. The van der Waals surface area contributed by atoms with Crippen molar-refractivity contribution >= 4 is 40.5 Å². The minimum Gasteiger partial charge on any atom is -0.364 e. The molecule has 0 aliphatic carbocycles. The number of nitrogens with zero attached hydrogens (tertiary/aromatic N) is 2. The Labute approximate surface area is 141 Å². The van der Waals surface area contributed by atoms with Crippen molar-refractivity contribution < 1.29 is 0 Å². The summed E-state index contributed by atoms with van der Waals surface area (Å²) in [5.74, 6) is 0.567. The lowest BCUT2D eigenvalue weighted by Gasteiger charge is -2.47. The minimum atomic E-state index is 0.467. The maximum atomic E-state index is 6.45.